The number of hydrogen-bond donors (Lipinski definition) is 0. The smallest absolute Gasteiger partial charge is 0.264 e. The van der Waals surface area contributed by atoms with Gasteiger partial charge in [-0.1, -0.05) is 12.2 Å². The summed E-state index contributed by atoms with van der Waals surface area (Å²) in [6, 6.07) is 0. The zero-order valence-electron chi connectivity index (χ0n) is 7.19. The fourth-order valence-electron chi connectivity index (χ4n) is 1.23. The summed E-state index contributed by atoms with van der Waals surface area (Å²) in [4.78, 5) is 0. The first-order chi connectivity index (χ1) is 5.58. The van der Waals surface area contributed by atoms with Crippen molar-refractivity contribution in [1.82, 2.24) is 0 Å². The summed E-state index contributed by atoms with van der Waals surface area (Å²) in [6.45, 7) is 0.301. The molecule has 70 valence electrons. The van der Waals surface area contributed by atoms with Crippen LogP contribution in [-0.4, -0.2) is 21.3 Å². The summed E-state index contributed by atoms with van der Waals surface area (Å²) >= 11 is 0. The van der Waals surface area contributed by atoms with E-state index in [4.69, 9.17) is 0 Å². The molecule has 4 heteroatoms. The van der Waals surface area contributed by atoms with Gasteiger partial charge in [-0.2, -0.15) is 8.42 Å². The van der Waals surface area contributed by atoms with E-state index < -0.39 is 10.1 Å². The van der Waals surface area contributed by atoms with Gasteiger partial charge in [-0.15, -0.1) is 0 Å². The van der Waals surface area contributed by atoms with E-state index in [0.717, 1.165) is 25.5 Å². The van der Waals surface area contributed by atoms with Gasteiger partial charge in [0.25, 0.3) is 10.1 Å². The molecule has 3 nitrogen and oxygen atoms in total. The first-order valence-electron chi connectivity index (χ1n) is 4.09. The lowest BCUT2D eigenvalue weighted by Gasteiger charge is -2.14. The summed E-state index contributed by atoms with van der Waals surface area (Å²) in [7, 11) is -3.26. The van der Waals surface area contributed by atoms with Gasteiger partial charge in [0.05, 0.1) is 12.9 Å². The summed E-state index contributed by atoms with van der Waals surface area (Å²) in [6.07, 6.45) is 8.48. The van der Waals surface area contributed by atoms with Crippen molar-refractivity contribution in [1.29, 1.82) is 0 Å². The van der Waals surface area contributed by atoms with Gasteiger partial charge in [0.1, 0.15) is 0 Å². The second-order valence-corrected chi connectivity index (χ2v) is 4.75. The molecule has 0 saturated heterocycles. The number of rotatable bonds is 3. The van der Waals surface area contributed by atoms with E-state index in [9.17, 15) is 8.42 Å². The van der Waals surface area contributed by atoms with Crippen molar-refractivity contribution in [2.45, 2.75) is 19.3 Å². The van der Waals surface area contributed by atoms with Gasteiger partial charge in [0.15, 0.2) is 0 Å². The highest BCUT2D eigenvalue weighted by Gasteiger charge is 2.11. The van der Waals surface area contributed by atoms with Crippen molar-refractivity contribution in [2.75, 3.05) is 12.9 Å². The maximum Gasteiger partial charge on any atom is 0.264 e. The lowest BCUT2D eigenvalue weighted by atomic mass is 9.97. The molecular weight excluding hydrogens is 176 g/mol. The summed E-state index contributed by atoms with van der Waals surface area (Å²) in [5, 5.41) is 0. The Morgan fingerprint density at radius 2 is 2.33 bits per heavy atom. The van der Waals surface area contributed by atoms with Crippen molar-refractivity contribution in [3.8, 4) is 0 Å². The monoisotopic (exact) mass is 190 g/mol. The standard InChI is InChI=1S/C8H14O3S/c1-12(9,10)11-7-8-5-3-2-4-6-8/h3,5,8H,2,4,6-7H2,1H3. The van der Waals surface area contributed by atoms with E-state index in [-0.39, 0.29) is 5.92 Å². The van der Waals surface area contributed by atoms with Gasteiger partial charge in [-0.05, 0) is 19.3 Å². The van der Waals surface area contributed by atoms with Gasteiger partial charge in [-0.3, -0.25) is 4.18 Å². The minimum Gasteiger partial charge on any atom is -0.270 e. The van der Waals surface area contributed by atoms with E-state index in [1.54, 1.807) is 0 Å². The average Bonchev–Trinajstić information content (AvgIpc) is 2.02. The van der Waals surface area contributed by atoms with Gasteiger partial charge in [-0.25, -0.2) is 0 Å². The third-order valence-electron chi connectivity index (χ3n) is 1.85. The van der Waals surface area contributed by atoms with Crippen LogP contribution in [0.2, 0.25) is 0 Å². The van der Waals surface area contributed by atoms with Crippen LogP contribution in [0.25, 0.3) is 0 Å². The fourth-order valence-corrected chi connectivity index (χ4v) is 1.65. The van der Waals surface area contributed by atoms with Crippen LogP contribution in [0.15, 0.2) is 12.2 Å². The van der Waals surface area contributed by atoms with Crippen LogP contribution < -0.4 is 0 Å². The Bertz CT molecular complexity index is 253. The Morgan fingerprint density at radius 1 is 1.58 bits per heavy atom. The first kappa shape index (κ1) is 9.74. The van der Waals surface area contributed by atoms with Crippen LogP contribution in [0.4, 0.5) is 0 Å². The van der Waals surface area contributed by atoms with E-state index in [1.807, 2.05) is 6.08 Å². The van der Waals surface area contributed by atoms with E-state index in [2.05, 4.69) is 10.3 Å². The highest BCUT2D eigenvalue weighted by atomic mass is 32.2. The molecule has 0 radical (unpaired) electrons. The minimum absolute atomic E-state index is 0.286. The molecular formula is C8H14O3S. The second-order valence-electron chi connectivity index (χ2n) is 3.11. The van der Waals surface area contributed by atoms with E-state index in [0.29, 0.717) is 6.61 Å². The lowest BCUT2D eigenvalue weighted by molar-refractivity contribution is 0.270. The molecule has 0 aromatic carbocycles. The third kappa shape index (κ3) is 3.88. The molecule has 12 heavy (non-hydrogen) atoms. The van der Waals surface area contributed by atoms with Crippen LogP contribution >= 0.6 is 0 Å². The first-order valence-corrected chi connectivity index (χ1v) is 5.90. The molecule has 0 heterocycles. The molecule has 0 saturated carbocycles. The Morgan fingerprint density at radius 3 is 2.83 bits per heavy atom. The quantitative estimate of drug-likeness (QED) is 0.498. The predicted octanol–water partition coefficient (Wildman–Crippen LogP) is 1.32. The third-order valence-corrected chi connectivity index (χ3v) is 2.41. The zero-order chi connectivity index (χ0) is 9.03. The van der Waals surface area contributed by atoms with Crippen molar-refractivity contribution >= 4 is 10.1 Å². The summed E-state index contributed by atoms with van der Waals surface area (Å²) in [5.74, 6) is 0.286. The SMILES string of the molecule is CS(=O)(=O)OCC1C=CCCC1. The maximum atomic E-state index is 10.6. The van der Waals surface area contributed by atoms with E-state index in [1.165, 1.54) is 0 Å². The second kappa shape index (κ2) is 4.05. The molecule has 0 spiro atoms. The molecule has 0 amide bonds. The van der Waals surface area contributed by atoms with Crippen LogP contribution in [0.5, 0.6) is 0 Å². The molecule has 1 rings (SSSR count). The van der Waals surface area contributed by atoms with E-state index >= 15 is 0 Å². The Kier molecular flexibility index (Phi) is 3.29. The highest BCUT2D eigenvalue weighted by molar-refractivity contribution is 7.85. The minimum atomic E-state index is -3.26. The molecule has 0 fully saturated rings. The van der Waals surface area contributed by atoms with Gasteiger partial charge in [0.2, 0.25) is 0 Å². The fraction of sp³-hybridized carbons (Fsp3) is 0.750. The van der Waals surface area contributed by atoms with Crippen molar-refractivity contribution in [3.05, 3.63) is 12.2 Å². The maximum absolute atomic E-state index is 10.6. The molecule has 1 unspecified atom stereocenters. The zero-order valence-corrected chi connectivity index (χ0v) is 8.01. The largest absolute Gasteiger partial charge is 0.270 e. The molecule has 0 aliphatic heterocycles. The number of allylic oxidation sites excluding steroid dienone is 1. The topological polar surface area (TPSA) is 43.4 Å². The molecule has 0 N–H and O–H groups in total. The number of hydrogen-bond acceptors (Lipinski definition) is 3. The van der Waals surface area contributed by atoms with Crippen molar-refractivity contribution in [3.63, 3.8) is 0 Å². The highest BCUT2D eigenvalue weighted by Crippen LogP contribution is 2.17. The Hall–Kier alpha value is -0.350. The predicted molar refractivity (Wildman–Crippen MR) is 47.3 cm³/mol. The normalized spacial score (nSPS) is 24.2. The van der Waals surface area contributed by atoms with Gasteiger partial charge >= 0.3 is 0 Å². The van der Waals surface area contributed by atoms with Crippen molar-refractivity contribution in [2.24, 2.45) is 5.92 Å². The summed E-state index contributed by atoms with van der Waals surface area (Å²) in [5.41, 5.74) is 0. The molecule has 1 aliphatic carbocycles. The molecule has 1 aliphatic rings. The lowest BCUT2D eigenvalue weighted by Crippen LogP contribution is -2.13. The summed E-state index contributed by atoms with van der Waals surface area (Å²) < 4.78 is 25.9. The average molecular weight is 190 g/mol. The molecule has 0 bridgehead atoms. The van der Waals surface area contributed by atoms with Crippen LogP contribution in [0.3, 0.4) is 0 Å². The molecule has 0 aromatic rings. The van der Waals surface area contributed by atoms with Crippen molar-refractivity contribution < 1.29 is 12.6 Å². The Labute approximate surface area is 73.5 Å². The molecule has 1 atom stereocenters. The van der Waals surface area contributed by atoms with Gasteiger partial charge < -0.3 is 0 Å². The van der Waals surface area contributed by atoms with Crippen LogP contribution in [0, 0.1) is 5.92 Å². The molecule has 0 aromatic heterocycles. The van der Waals surface area contributed by atoms with Crippen LogP contribution in [-0.2, 0) is 14.3 Å². The Balaban J connectivity index is 2.32. The van der Waals surface area contributed by atoms with Crippen LogP contribution in [0.1, 0.15) is 19.3 Å². The van der Waals surface area contributed by atoms with Gasteiger partial charge in [0, 0.05) is 5.92 Å².